The number of carbonyl (C=O) groups is 2. The molecular weight excluding hydrogens is 546 g/mol. The molecule has 1 saturated heterocycles. The van der Waals surface area contributed by atoms with Crippen LogP contribution in [0.4, 0.5) is 16.2 Å². The fourth-order valence-corrected chi connectivity index (χ4v) is 6.20. The number of fused-ring (bicyclic) bond motifs is 2. The highest BCUT2D eigenvalue weighted by atomic mass is 16.6. The largest absolute Gasteiger partial charge is 0.494 e. The summed E-state index contributed by atoms with van der Waals surface area (Å²) in [5.41, 5.74) is 2.65. The highest BCUT2D eigenvalue weighted by Crippen LogP contribution is 2.39. The summed E-state index contributed by atoms with van der Waals surface area (Å²) in [6.45, 7) is 13.4. The number of aromatic nitrogens is 4. The Labute approximate surface area is 252 Å². The molecule has 2 amide bonds. The third kappa shape index (κ3) is 5.98. The molecule has 3 heterocycles. The van der Waals surface area contributed by atoms with Crippen molar-refractivity contribution in [3.8, 4) is 5.75 Å². The van der Waals surface area contributed by atoms with Crippen molar-refractivity contribution in [2.75, 3.05) is 30.4 Å². The standard InChI is InChI=1S/C32H43N7O4/c1-10-38(30(41)43-31(2,3)4)21-13-14-39(32(5,6)17-21)26-12-11-22(28-23(26)19-37(8)35-28)29(40)33-25-15-20-18-36(7)34-24(20)16-27(25)42-9/h11-12,15-16,18-19,21H,10,13-14,17H2,1-9H3,(H,33,40). The van der Waals surface area contributed by atoms with Gasteiger partial charge in [-0.05, 0) is 72.6 Å². The third-order valence-corrected chi connectivity index (χ3v) is 8.05. The average Bonchev–Trinajstić information content (AvgIpc) is 3.47. The van der Waals surface area contributed by atoms with Gasteiger partial charge in [-0.15, -0.1) is 0 Å². The van der Waals surface area contributed by atoms with E-state index < -0.39 is 5.60 Å². The van der Waals surface area contributed by atoms with Crippen molar-refractivity contribution in [3.05, 3.63) is 42.2 Å². The molecule has 1 aliphatic heterocycles. The lowest BCUT2D eigenvalue weighted by molar-refractivity contribution is 0.0117. The highest BCUT2D eigenvalue weighted by Gasteiger charge is 2.40. The van der Waals surface area contributed by atoms with Crippen molar-refractivity contribution < 1.29 is 19.1 Å². The zero-order valence-corrected chi connectivity index (χ0v) is 26.7. The molecule has 1 atom stereocenters. The van der Waals surface area contributed by atoms with Crippen LogP contribution in [-0.4, -0.2) is 73.8 Å². The zero-order valence-electron chi connectivity index (χ0n) is 26.7. The predicted molar refractivity (Wildman–Crippen MR) is 169 cm³/mol. The number of piperidine rings is 1. The van der Waals surface area contributed by atoms with E-state index in [4.69, 9.17) is 14.6 Å². The number of amides is 2. The van der Waals surface area contributed by atoms with Gasteiger partial charge in [0.05, 0.1) is 23.9 Å². The van der Waals surface area contributed by atoms with Gasteiger partial charge in [0.15, 0.2) is 0 Å². The Balaban J connectivity index is 1.42. The molecule has 11 heteroatoms. The molecule has 5 rings (SSSR count). The lowest BCUT2D eigenvalue weighted by atomic mass is 9.85. The summed E-state index contributed by atoms with van der Waals surface area (Å²) in [5, 5.41) is 14.0. The highest BCUT2D eigenvalue weighted by molar-refractivity contribution is 6.14. The monoisotopic (exact) mass is 589 g/mol. The van der Waals surface area contributed by atoms with Crippen LogP contribution in [0.25, 0.3) is 21.8 Å². The number of anilines is 2. The first kappa shape index (κ1) is 30.2. The molecule has 2 aromatic carbocycles. The number of aryl methyl sites for hydroxylation is 2. The van der Waals surface area contributed by atoms with Crippen molar-refractivity contribution in [2.45, 2.75) is 71.6 Å². The molecule has 11 nitrogen and oxygen atoms in total. The summed E-state index contributed by atoms with van der Waals surface area (Å²) in [7, 11) is 5.29. The summed E-state index contributed by atoms with van der Waals surface area (Å²) < 4.78 is 14.7. The van der Waals surface area contributed by atoms with E-state index >= 15 is 0 Å². The quantitative estimate of drug-likeness (QED) is 0.306. The fraction of sp³-hybridized carbons (Fsp3) is 0.500. The molecule has 1 aliphatic rings. The van der Waals surface area contributed by atoms with Gasteiger partial charge in [0.1, 0.15) is 16.9 Å². The van der Waals surface area contributed by atoms with E-state index in [0.29, 0.717) is 29.1 Å². The van der Waals surface area contributed by atoms with Gasteiger partial charge in [-0.2, -0.15) is 10.2 Å². The van der Waals surface area contributed by atoms with Crippen molar-refractivity contribution in [3.63, 3.8) is 0 Å². The zero-order chi connectivity index (χ0) is 31.3. The lowest BCUT2D eigenvalue weighted by Gasteiger charge is -2.49. The number of benzene rings is 2. The third-order valence-electron chi connectivity index (χ3n) is 8.05. The van der Waals surface area contributed by atoms with Gasteiger partial charge in [-0.25, -0.2) is 4.79 Å². The second kappa shape index (κ2) is 11.1. The summed E-state index contributed by atoms with van der Waals surface area (Å²) in [4.78, 5) is 30.9. The molecular formula is C32H43N7O4. The molecule has 0 saturated carbocycles. The Morgan fingerprint density at radius 3 is 2.49 bits per heavy atom. The SMILES string of the molecule is CCN(C(=O)OC(C)(C)C)C1CCN(c2ccc(C(=O)Nc3cc4cn(C)nc4cc3OC)c3nn(C)cc23)C(C)(C)C1. The van der Waals surface area contributed by atoms with Gasteiger partial charge >= 0.3 is 6.09 Å². The van der Waals surface area contributed by atoms with Crippen LogP contribution < -0.4 is 15.0 Å². The number of nitrogens with one attached hydrogen (secondary N) is 1. The number of hydrogen-bond donors (Lipinski definition) is 1. The Kier molecular flexibility index (Phi) is 7.79. The van der Waals surface area contributed by atoms with Gasteiger partial charge < -0.3 is 24.6 Å². The molecule has 1 N–H and O–H groups in total. The number of carbonyl (C=O) groups excluding carboxylic acids is 2. The molecule has 0 aliphatic carbocycles. The van der Waals surface area contributed by atoms with Crippen LogP contribution in [0, 0.1) is 0 Å². The summed E-state index contributed by atoms with van der Waals surface area (Å²) in [6, 6.07) is 7.60. The normalized spacial score (nSPS) is 16.9. The van der Waals surface area contributed by atoms with E-state index in [9.17, 15) is 9.59 Å². The van der Waals surface area contributed by atoms with Crippen molar-refractivity contribution >= 4 is 45.2 Å². The summed E-state index contributed by atoms with van der Waals surface area (Å²) in [6.07, 6.45) is 5.17. The van der Waals surface area contributed by atoms with Crippen LogP contribution in [0.1, 0.15) is 64.7 Å². The van der Waals surface area contributed by atoms with Crippen molar-refractivity contribution in [2.24, 2.45) is 14.1 Å². The second-order valence-corrected chi connectivity index (χ2v) is 12.9. The summed E-state index contributed by atoms with van der Waals surface area (Å²) in [5.74, 6) is 0.260. The van der Waals surface area contributed by atoms with Crippen LogP contribution in [0.5, 0.6) is 5.75 Å². The van der Waals surface area contributed by atoms with E-state index in [1.165, 1.54) is 0 Å². The predicted octanol–water partition coefficient (Wildman–Crippen LogP) is 5.73. The van der Waals surface area contributed by atoms with Crippen LogP contribution in [-0.2, 0) is 18.8 Å². The van der Waals surface area contributed by atoms with Gasteiger partial charge in [0.2, 0.25) is 0 Å². The van der Waals surface area contributed by atoms with Gasteiger partial charge in [0, 0.05) is 73.7 Å². The van der Waals surface area contributed by atoms with Gasteiger partial charge in [0.25, 0.3) is 5.91 Å². The van der Waals surface area contributed by atoms with Crippen LogP contribution in [0.2, 0.25) is 0 Å². The maximum absolute atomic E-state index is 13.7. The fourth-order valence-electron chi connectivity index (χ4n) is 6.20. The molecule has 2 aromatic heterocycles. The molecule has 43 heavy (non-hydrogen) atoms. The van der Waals surface area contributed by atoms with E-state index in [2.05, 4.69) is 29.2 Å². The van der Waals surface area contributed by atoms with Crippen molar-refractivity contribution in [1.29, 1.82) is 0 Å². The Morgan fingerprint density at radius 1 is 1.12 bits per heavy atom. The Hall–Kier alpha value is -4.28. The van der Waals surface area contributed by atoms with Crippen LogP contribution in [0.3, 0.4) is 0 Å². The molecule has 1 unspecified atom stereocenters. The van der Waals surface area contributed by atoms with Gasteiger partial charge in [-0.1, -0.05) is 0 Å². The van der Waals surface area contributed by atoms with E-state index in [1.807, 2.05) is 83.3 Å². The number of rotatable bonds is 6. The molecule has 230 valence electrons. The minimum atomic E-state index is -0.544. The molecule has 1 fully saturated rings. The maximum atomic E-state index is 13.7. The van der Waals surface area contributed by atoms with Crippen LogP contribution >= 0.6 is 0 Å². The van der Waals surface area contributed by atoms with E-state index in [-0.39, 0.29) is 23.6 Å². The topological polar surface area (TPSA) is 107 Å². The lowest BCUT2D eigenvalue weighted by Crippen LogP contribution is -2.57. The number of ether oxygens (including phenoxy) is 2. The first-order chi connectivity index (χ1) is 20.2. The first-order valence-electron chi connectivity index (χ1n) is 14.8. The molecule has 4 aromatic rings. The molecule has 0 spiro atoms. The first-order valence-corrected chi connectivity index (χ1v) is 14.8. The minimum Gasteiger partial charge on any atom is -0.494 e. The smallest absolute Gasteiger partial charge is 0.410 e. The maximum Gasteiger partial charge on any atom is 0.410 e. The second-order valence-electron chi connectivity index (χ2n) is 12.9. The Morgan fingerprint density at radius 2 is 1.84 bits per heavy atom. The molecule has 0 radical (unpaired) electrons. The van der Waals surface area contributed by atoms with Gasteiger partial charge in [-0.3, -0.25) is 14.2 Å². The number of nitrogens with zero attached hydrogens (tertiary/aromatic N) is 6. The van der Waals surface area contributed by atoms with Crippen LogP contribution in [0.15, 0.2) is 36.7 Å². The Bertz CT molecular complexity index is 1680. The number of methoxy groups -OCH3 is 1. The van der Waals surface area contributed by atoms with E-state index in [0.717, 1.165) is 41.4 Å². The molecule has 0 bridgehead atoms. The summed E-state index contributed by atoms with van der Waals surface area (Å²) >= 11 is 0. The average molecular weight is 590 g/mol. The van der Waals surface area contributed by atoms with Crippen molar-refractivity contribution in [1.82, 2.24) is 24.5 Å². The number of hydrogen-bond acceptors (Lipinski definition) is 7. The minimum absolute atomic E-state index is 0.0627. The van der Waals surface area contributed by atoms with E-state index in [1.54, 1.807) is 16.5 Å².